The van der Waals surface area contributed by atoms with E-state index in [1.165, 1.54) is 13.8 Å². The molecule has 1 atom stereocenters. The van der Waals surface area contributed by atoms with E-state index in [-0.39, 0.29) is 18.1 Å². The van der Waals surface area contributed by atoms with Gasteiger partial charge in [-0.25, -0.2) is 4.79 Å². The fourth-order valence-corrected chi connectivity index (χ4v) is 1.89. The van der Waals surface area contributed by atoms with Crippen LogP contribution in [0.25, 0.3) is 0 Å². The number of rotatable bonds is 9. The highest BCUT2D eigenvalue weighted by atomic mass is 16.5. The Kier molecular flexibility index (Phi) is 6.75. The highest BCUT2D eigenvalue weighted by Gasteiger charge is 2.32. The lowest BCUT2D eigenvalue weighted by Gasteiger charge is -2.24. The molecule has 0 aliphatic heterocycles. The summed E-state index contributed by atoms with van der Waals surface area (Å²) >= 11 is 0. The molecular formula is C17H23NO5. The van der Waals surface area contributed by atoms with Gasteiger partial charge < -0.3 is 15.2 Å². The maximum atomic E-state index is 11.8. The van der Waals surface area contributed by atoms with Gasteiger partial charge in [0.15, 0.2) is 5.78 Å². The first-order chi connectivity index (χ1) is 10.8. The van der Waals surface area contributed by atoms with Crippen molar-refractivity contribution in [2.45, 2.75) is 45.6 Å². The van der Waals surface area contributed by atoms with Gasteiger partial charge in [-0.1, -0.05) is 19.1 Å². The molecule has 2 N–H and O–H groups in total. The van der Waals surface area contributed by atoms with Crippen LogP contribution in [0.1, 0.15) is 50.4 Å². The second kappa shape index (κ2) is 8.31. The predicted molar refractivity (Wildman–Crippen MR) is 85.7 cm³/mol. The van der Waals surface area contributed by atoms with Crippen molar-refractivity contribution in [2.24, 2.45) is 0 Å². The van der Waals surface area contributed by atoms with E-state index in [4.69, 9.17) is 9.84 Å². The van der Waals surface area contributed by atoms with Crippen LogP contribution in [0.4, 0.5) is 0 Å². The number of carbonyl (C=O) groups is 3. The lowest BCUT2D eigenvalue weighted by molar-refractivity contribution is -0.147. The SMILES string of the molecule is CCC(C)(NC(=O)CCCOc1cccc(C(C)=O)c1)C(=O)O. The van der Waals surface area contributed by atoms with Crippen LogP contribution in [0, 0.1) is 0 Å². The number of benzene rings is 1. The zero-order chi connectivity index (χ0) is 17.5. The van der Waals surface area contributed by atoms with Crippen LogP contribution in [0.5, 0.6) is 5.75 Å². The third-order valence-electron chi connectivity index (χ3n) is 3.65. The number of Topliss-reactive ketones (excluding diaryl/α,β-unsaturated/α-hetero) is 1. The molecule has 0 aromatic heterocycles. The number of carbonyl (C=O) groups excluding carboxylic acids is 2. The van der Waals surface area contributed by atoms with Crippen LogP contribution in [0.2, 0.25) is 0 Å². The van der Waals surface area contributed by atoms with E-state index < -0.39 is 11.5 Å². The molecule has 6 heteroatoms. The van der Waals surface area contributed by atoms with Crippen molar-refractivity contribution >= 4 is 17.7 Å². The van der Waals surface area contributed by atoms with E-state index in [0.29, 0.717) is 30.8 Å². The summed E-state index contributed by atoms with van der Waals surface area (Å²) in [5.74, 6) is -0.840. The van der Waals surface area contributed by atoms with Gasteiger partial charge in [0.2, 0.25) is 5.91 Å². The number of hydrogen-bond acceptors (Lipinski definition) is 4. The summed E-state index contributed by atoms with van der Waals surface area (Å²) in [6.45, 7) is 4.98. The van der Waals surface area contributed by atoms with E-state index in [0.717, 1.165) is 0 Å². The lowest BCUT2D eigenvalue weighted by atomic mass is 9.99. The smallest absolute Gasteiger partial charge is 0.329 e. The van der Waals surface area contributed by atoms with Gasteiger partial charge in [0.1, 0.15) is 11.3 Å². The molecule has 1 unspecified atom stereocenters. The molecule has 0 bridgehead atoms. The number of nitrogens with one attached hydrogen (secondary N) is 1. The molecule has 6 nitrogen and oxygen atoms in total. The van der Waals surface area contributed by atoms with Crippen LogP contribution >= 0.6 is 0 Å². The number of ether oxygens (including phenoxy) is 1. The zero-order valence-electron chi connectivity index (χ0n) is 13.7. The molecule has 1 amide bonds. The second-order valence-corrected chi connectivity index (χ2v) is 5.58. The van der Waals surface area contributed by atoms with E-state index in [9.17, 15) is 14.4 Å². The Morgan fingerprint density at radius 3 is 2.57 bits per heavy atom. The molecule has 0 saturated carbocycles. The fourth-order valence-electron chi connectivity index (χ4n) is 1.89. The molecule has 0 heterocycles. The van der Waals surface area contributed by atoms with E-state index in [2.05, 4.69) is 5.32 Å². The topological polar surface area (TPSA) is 92.7 Å². The maximum Gasteiger partial charge on any atom is 0.329 e. The highest BCUT2D eigenvalue weighted by Crippen LogP contribution is 2.14. The van der Waals surface area contributed by atoms with Crippen LogP contribution in [-0.4, -0.2) is 34.9 Å². The Morgan fingerprint density at radius 2 is 2.00 bits per heavy atom. The minimum atomic E-state index is -1.24. The summed E-state index contributed by atoms with van der Waals surface area (Å²) in [5.41, 5.74) is -0.672. The zero-order valence-corrected chi connectivity index (χ0v) is 13.7. The standard InChI is InChI=1S/C17H23NO5/c1-4-17(3,16(21)22)18-15(20)9-6-10-23-14-8-5-7-13(11-14)12(2)19/h5,7-8,11H,4,6,9-10H2,1-3H3,(H,18,20)(H,21,22). The van der Waals surface area contributed by atoms with Gasteiger partial charge in [0.05, 0.1) is 6.61 Å². The van der Waals surface area contributed by atoms with Crippen molar-refractivity contribution in [3.63, 3.8) is 0 Å². The van der Waals surface area contributed by atoms with Gasteiger partial charge in [-0.3, -0.25) is 9.59 Å². The first-order valence-electron chi connectivity index (χ1n) is 7.56. The third kappa shape index (κ3) is 5.73. The first-order valence-corrected chi connectivity index (χ1v) is 7.56. The van der Waals surface area contributed by atoms with Gasteiger partial charge in [0, 0.05) is 12.0 Å². The summed E-state index contributed by atoms with van der Waals surface area (Å²) in [5, 5.41) is 11.6. The normalized spacial score (nSPS) is 13.0. The van der Waals surface area contributed by atoms with Crippen LogP contribution < -0.4 is 10.1 Å². The Hall–Kier alpha value is -2.37. The van der Waals surface area contributed by atoms with Gasteiger partial charge in [0.25, 0.3) is 0 Å². The molecule has 1 aromatic carbocycles. The number of amides is 1. The summed E-state index contributed by atoms with van der Waals surface area (Å²) < 4.78 is 5.50. The molecular weight excluding hydrogens is 298 g/mol. The quantitative estimate of drug-likeness (QED) is 0.538. The minimum absolute atomic E-state index is 0.0395. The molecule has 0 saturated heterocycles. The van der Waals surface area contributed by atoms with Crippen molar-refractivity contribution in [3.05, 3.63) is 29.8 Å². The highest BCUT2D eigenvalue weighted by molar-refractivity contribution is 5.94. The van der Waals surface area contributed by atoms with Gasteiger partial charge in [-0.15, -0.1) is 0 Å². The number of carboxylic acid groups (broad SMARTS) is 1. The van der Waals surface area contributed by atoms with E-state index >= 15 is 0 Å². The molecule has 126 valence electrons. The molecule has 0 aliphatic carbocycles. The molecule has 0 aliphatic rings. The van der Waals surface area contributed by atoms with Crippen molar-refractivity contribution in [1.82, 2.24) is 5.32 Å². The Balaban J connectivity index is 2.40. The molecule has 0 spiro atoms. The van der Waals surface area contributed by atoms with Crippen LogP contribution in [0.3, 0.4) is 0 Å². The van der Waals surface area contributed by atoms with Crippen molar-refractivity contribution in [3.8, 4) is 5.75 Å². The van der Waals surface area contributed by atoms with Crippen molar-refractivity contribution < 1.29 is 24.2 Å². The number of ketones is 1. The summed E-state index contributed by atoms with van der Waals surface area (Å²) in [7, 11) is 0. The number of aliphatic carboxylic acids is 1. The van der Waals surface area contributed by atoms with E-state index in [1.54, 1.807) is 31.2 Å². The number of hydrogen-bond donors (Lipinski definition) is 2. The minimum Gasteiger partial charge on any atom is -0.494 e. The fraction of sp³-hybridized carbons (Fsp3) is 0.471. The Bertz CT molecular complexity index is 584. The van der Waals surface area contributed by atoms with Gasteiger partial charge >= 0.3 is 5.97 Å². The maximum absolute atomic E-state index is 11.8. The Labute approximate surface area is 135 Å². The summed E-state index contributed by atoms with van der Waals surface area (Å²) in [6, 6.07) is 6.84. The molecule has 1 rings (SSSR count). The lowest BCUT2D eigenvalue weighted by Crippen LogP contribution is -2.51. The predicted octanol–water partition coefficient (Wildman–Crippen LogP) is 2.42. The average Bonchev–Trinajstić information content (AvgIpc) is 2.51. The number of carboxylic acids is 1. The largest absolute Gasteiger partial charge is 0.494 e. The third-order valence-corrected chi connectivity index (χ3v) is 3.65. The van der Waals surface area contributed by atoms with Crippen LogP contribution in [0.15, 0.2) is 24.3 Å². The molecule has 0 fully saturated rings. The summed E-state index contributed by atoms with van der Waals surface area (Å²) in [6.07, 6.45) is 0.938. The van der Waals surface area contributed by atoms with Gasteiger partial charge in [-0.05, 0) is 38.8 Å². The van der Waals surface area contributed by atoms with Crippen LogP contribution in [-0.2, 0) is 9.59 Å². The van der Waals surface area contributed by atoms with Crippen molar-refractivity contribution in [1.29, 1.82) is 0 Å². The molecule has 23 heavy (non-hydrogen) atoms. The Morgan fingerprint density at radius 1 is 1.30 bits per heavy atom. The monoisotopic (exact) mass is 321 g/mol. The summed E-state index contributed by atoms with van der Waals surface area (Å²) in [4.78, 5) is 34.2. The van der Waals surface area contributed by atoms with Crippen molar-refractivity contribution in [2.75, 3.05) is 6.61 Å². The van der Waals surface area contributed by atoms with E-state index in [1.807, 2.05) is 0 Å². The second-order valence-electron chi connectivity index (χ2n) is 5.58. The van der Waals surface area contributed by atoms with Gasteiger partial charge in [-0.2, -0.15) is 0 Å². The average molecular weight is 321 g/mol. The first kappa shape index (κ1) is 18.7. The molecule has 1 aromatic rings. The molecule has 0 radical (unpaired) electrons.